The van der Waals surface area contributed by atoms with E-state index in [0.717, 1.165) is 22.3 Å². The van der Waals surface area contributed by atoms with Gasteiger partial charge in [-0.1, -0.05) is 29.3 Å². The topological polar surface area (TPSA) is 68.1 Å². The number of hydrogen-bond donors (Lipinski definition) is 0. The number of carbonyl (C=O) groups is 1. The number of carbonyl (C=O) groups excluding carboxylic acids is 1. The molecule has 4 aromatic rings. The number of amides is 1. The molecule has 1 unspecified atom stereocenters. The molecule has 1 aromatic carbocycles. The van der Waals surface area contributed by atoms with Gasteiger partial charge in [0, 0.05) is 36.4 Å². The lowest BCUT2D eigenvalue weighted by molar-refractivity contribution is -0.199. The fourth-order valence-electron chi connectivity index (χ4n) is 5.85. The third-order valence-electron chi connectivity index (χ3n) is 8.25. The average molecular weight is 649 g/mol. The van der Waals surface area contributed by atoms with Gasteiger partial charge < -0.3 is 4.90 Å². The number of aryl methyl sites for hydroxylation is 2. The van der Waals surface area contributed by atoms with Crippen LogP contribution in [0.4, 0.5) is 22.0 Å². The van der Waals surface area contributed by atoms with Crippen LogP contribution in [0.15, 0.2) is 53.7 Å². The second-order valence-electron chi connectivity index (χ2n) is 11.0. The first-order valence-corrected chi connectivity index (χ1v) is 14.4. The minimum absolute atomic E-state index is 0.0555. The van der Waals surface area contributed by atoms with Gasteiger partial charge in [0.25, 0.3) is 11.5 Å². The van der Waals surface area contributed by atoms with Gasteiger partial charge in [0.15, 0.2) is 5.82 Å². The second-order valence-corrected chi connectivity index (χ2v) is 11.9. The van der Waals surface area contributed by atoms with Crippen LogP contribution in [0.1, 0.15) is 57.4 Å². The summed E-state index contributed by atoms with van der Waals surface area (Å²) >= 11 is 12.7. The third kappa shape index (κ3) is 5.05. The van der Waals surface area contributed by atoms with E-state index in [0.29, 0.717) is 27.6 Å². The van der Waals surface area contributed by atoms with Crippen LogP contribution in [0.25, 0.3) is 16.9 Å². The molecule has 6 rings (SSSR count). The molecule has 3 atom stereocenters. The summed E-state index contributed by atoms with van der Waals surface area (Å²) in [4.78, 5) is 35.2. The summed E-state index contributed by atoms with van der Waals surface area (Å²) in [6.45, 7) is 2.94. The van der Waals surface area contributed by atoms with E-state index in [2.05, 4.69) is 9.97 Å². The molecule has 228 valence electrons. The Morgan fingerprint density at radius 3 is 2.43 bits per heavy atom. The molecule has 0 radical (unpaired) electrons. The van der Waals surface area contributed by atoms with Crippen LogP contribution in [0.3, 0.4) is 0 Å². The van der Waals surface area contributed by atoms with Gasteiger partial charge in [-0.3, -0.25) is 24.1 Å². The number of benzene rings is 1. The highest BCUT2D eigenvalue weighted by Crippen LogP contribution is 2.56. The third-order valence-corrected chi connectivity index (χ3v) is 8.83. The molecule has 0 N–H and O–H groups in total. The zero-order valence-corrected chi connectivity index (χ0v) is 24.7. The molecular formula is C31H23Cl2F5N4O2. The molecule has 1 amide bonds. The lowest BCUT2D eigenvalue weighted by atomic mass is 9.98. The Bertz CT molecular complexity index is 1890. The lowest BCUT2D eigenvalue weighted by Gasteiger charge is -2.41. The van der Waals surface area contributed by atoms with Crippen molar-refractivity contribution in [1.82, 2.24) is 19.4 Å². The van der Waals surface area contributed by atoms with E-state index in [4.69, 9.17) is 23.2 Å². The van der Waals surface area contributed by atoms with E-state index in [1.165, 1.54) is 25.4 Å². The zero-order chi connectivity index (χ0) is 31.7. The van der Waals surface area contributed by atoms with Crippen LogP contribution >= 0.6 is 23.2 Å². The first kappa shape index (κ1) is 30.2. The second kappa shape index (κ2) is 11.0. The molecule has 1 aliphatic heterocycles. The van der Waals surface area contributed by atoms with Gasteiger partial charge in [0.2, 0.25) is 0 Å². The first-order chi connectivity index (χ1) is 20.8. The number of aromatic nitrogens is 3. The number of halogens is 7. The maximum absolute atomic E-state index is 16.3. The molecule has 13 heteroatoms. The molecule has 6 nitrogen and oxygen atoms in total. The molecular weight excluding hydrogens is 626 g/mol. The van der Waals surface area contributed by atoms with E-state index in [-0.39, 0.29) is 41.1 Å². The summed E-state index contributed by atoms with van der Waals surface area (Å²) in [7, 11) is 0. The summed E-state index contributed by atoms with van der Waals surface area (Å²) in [5.74, 6) is -3.46. The fraction of sp³-hybridized carbons (Fsp3) is 0.290. The van der Waals surface area contributed by atoms with Crippen LogP contribution in [0.2, 0.25) is 10.0 Å². The number of alkyl halides is 3. The quantitative estimate of drug-likeness (QED) is 0.210. The number of likely N-dealkylation sites (tertiary alicyclic amines) is 1. The van der Waals surface area contributed by atoms with Gasteiger partial charge in [0.1, 0.15) is 22.6 Å². The summed E-state index contributed by atoms with van der Waals surface area (Å²) in [5, 5.41) is 0.394. The van der Waals surface area contributed by atoms with Gasteiger partial charge in [-0.25, -0.2) is 8.78 Å². The molecule has 0 spiro atoms. The molecule has 1 saturated heterocycles. The summed E-state index contributed by atoms with van der Waals surface area (Å²) in [6.07, 6.45) is 0.241. The van der Waals surface area contributed by atoms with Crippen molar-refractivity contribution in [2.45, 2.75) is 50.7 Å². The normalized spacial score (nSPS) is 19.6. The molecule has 3 aromatic heterocycles. The first-order valence-electron chi connectivity index (χ1n) is 13.6. The van der Waals surface area contributed by atoms with E-state index >= 15 is 8.78 Å². The van der Waals surface area contributed by atoms with Crippen molar-refractivity contribution in [3.05, 3.63) is 109 Å². The largest absolute Gasteiger partial charge is 0.408 e. The summed E-state index contributed by atoms with van der Waals surface area (Å²) < 4.78 is 72.8. The van der Waals surface area contributed by atoms with E-state index in [9.17, 15) is 22.8 Å². The maximum atomic E-state index is 16.3. The van der Waals surface area contributed by atoms with Crippen LogP contribution in [-0.4, -0.2) is 44.1 Å². The number of nitrogens with zero attached hydrogens (tertiary/aromatic N) is 4. The Hall–Kier alpha value is -3.83. The number of rotatable bonds is 5. The highest BCUT2D eigenvalue weighted by molar-refractivity contribution is 6.31. The predicted molar refractivity (Wildman–Crippen MR) is 155 cm³/mol. The van der Waals surface area contributed by atoms with Crippen LogP contribution in [0, 0.1) is 25.5 Å². The summed E-state index contributed by atoms with van der Waals surface area (Å²) in [6, 6.07) is 4.93. The van der Waals surface area contributed by atoms with Crippen molar-refractivity contribution in [3.8, 4) is 16.9 Å². The number of hydrogen-bond acceptors (Lipinski definition) is 4. The van der Waals surface area contributed by atoms with Crippen molar-refractivity contribution in [1.29, 1.82) is 0 Å². The van der Waals surface area contributed by atoms with E-state index in [1.54, 1.807) is 25.3 Å². The van der Waals surface area contributed by atoms with Crippen molar-refractivity contribution >= 4 is 29.1 Å². The number of pyridine rings is 3. The average Bonchev–Trinajstić information content (AvgIpc) is 3.72. The standard InChI is InChI=1S/C31H23Cl2F5N4O2/c1-14-11-40-27(18-4-3-5-19(25(18)34)29(43)41-7-6-23(41)31(36,37)38)26(35)28(14)42-15(2)8-22(24(33)30(42)44)21-10-20(21)16-9-17(32)13-39-12-16/h3-5,8-9,11-13,20-21,23H,6-7,10H2,1-2H3/t20?,21-,23-/m1/s1. The Labute approximate surface area is 258 Å². The molecule has 1 aliphatic carbocycles. The summed E-state index contributed by atoms with van der Waals surface area (Å²) in [5.41, 5.74) is -0.382. The van der Waals surface area contributed by atoms with E-state index < -0.39 is 52.1 Å². The van der Waals surface area contributed by atoms with Crippen molar-refractivity contribution in [3.63, 3.8) is 0 Å². The Morgan fingerprint density at radius 1 is 1.02 bits per heavy atom. The zero-order valence-electron chi connectivity index (χ0n) is 23.2. The van der Waals surface area contributed by atoms with Crippen molar-refractivity contribution < 1.29 is 26.7 Å². The minimum Gasteiger partial charge on any atom is -0.326 e. The maximum Gasteiger partial charge on any atom is 0.408 e. The molecule has 1 saturated carbocycles. The smallest absolute Gasteiger partial charge is 0.326 e. The molecule has 2 fully saturated rings. The van der Waals surface area contributed by atoms with Gasteiger partial charge in [-0.15, -0.1) is 0 Å². The highest BCUT2D eigenvalue weighted by atomic mass is 35.5. The van der Waals surface area contributed by atoms with Gasteiger partial charge in [-0.2, -0.15) is 13.2 Å². The fourth-order valence-corrected chi connectivity index (χ4v) is 6.31. The molecule has 44 heavy (non-hydrogen) atoms. The molecule has 2 aliphatic rings. The van der Waals surface area contributed by atoms with Gasteiger partial charge in [0.05, 0.1) is 16.3 Å². The van der Waals surface area contributed by atoms with E-state index in [1.807, 2.05) is 0 Å². The van der Waals surface area contributed by atoms with Crippen molar-refractivity contribution in [2.24, 2.45) is 0 Å². The Morgan fingerprint density at radius 2 is 1.77 bits per heavy atom. The Balaban J connectivity index is 1.38. The van der Waals surface area contributed by atoms with Crippen LogP contribution in [0.5, 0.6) is 0 Å². The molecule has 4 heterocycles. The van der Waals surface area contributed by atoms with Gasteiger partial charge >= 0.3 is 6.18 Å². The van der Waals surface area contributed by atoms with Gasteiger partial charge in [-0.05, 0) is 79.5 Å². The monoisotopic (exact) mass is 648 g/mol. The van der Waals surface area contributed by atoms with Crippen LogP contribution < -0.4 is 5.56 Å². The molecule has 0 bridgehead atoms. The Kier molecular flexibility index (Phi) is 7.52. The minimum atomic E-state index is -4.66. The lowest BCUT2D eigenvalue weighted by Crippen LogP contribution is -2.58. The van der Waals surface area contributed by atoms with Crippen molar-refractivity contribution in [2.75, 3.05) is 6.54 Å². The predicted octanol–water partition coefficient (Wildman–Crippen LogP) is 7.54. The highest BCUT2D eigenvalue weighted by Gasteiger charge is 2.51. The SMILES string of the molecule is Cc1cnc(-c2cccc(C(=O)N3CC[C@@H]3C(F)(F)F)c2F)c(F)c1-n1c(C)cc([C@@H]2CC2c2cncc(Cl)c2)c(Cl)c1=O. The van der Waals surface area contributed by atoms with Crippen LogP contribution in [-0.2, 0) is 0 Å².